The van der Waals surface area contributed by atoms with Gasteiger partial charge >= 0.3 is 5.97 Å². The maximum atomic E-state index is 11.8. The summed E-state index contributed by atoms with van der Waals surface area (Å²) in [6.45, 7) is 0.568. The number of hydrogen-bond acceptors (Lipinski definition) is 5. The average molecular weight is 287 g/mol. The number of aromatic nitrogens is 3. The highest BCUT2D eigenvalue weighted by Gasteiger charge is 2.21. The lowest BCUT2D eigenvalue weighted by Gasteiger charge is -2.10. The number of carbonyl (C=O) groups is 1. The Kier molecular flexibility index (Phi) is 3.31. The molecule has 0 radical (unpaired) electrons. The molecule has 2 aliphatic heterocycles. The molecule has 1 aromatic rings. The van der Waals surface area contributed by atoms with E-state index in [1.54, 1.807) is 23.2 Å². The third-order valence-corrected chi connectivity index (χ3v) is 3.22. The summed E-state index contributed by atoms with van der Waals surface area (Å²) >= 11 is 0. The van der Waals surface area contributed by atoms with Gasteiger partial charge in [-0.25, -0.2) is 9.89 Å². The number of nitrogens with zero attached hydrogens (tertiary/aromatic N) is 2. The SMILES string of the molecule is COC(=O)c1cn(CCc2ccco2)cc2c(=O)[nH]nc1-2. The van der Waals surface area contributed by atoms with Gasteiger partial charge in [-0.05, 0) is 12.1 Å². The van der Waals surface area contributed by atoms with Gasteiger partial charge in [0.2, 0.25) is 0 Å². The van der Waals surface area contributed by atoms with Crippen molar-refractivity contribution in [1.29, 1.82) is 0 Å². The van der Waals surface area contributed by atoms with Crippen LogP contribution in [0.2, 0.25) is 0 Å². The molecule has 0 atom stereocenters. The van der Waals surface area contributed by atoms with Crippen LogP contribution in [-0.2, 0) is 17.7 Å². The minimum absolute atomic E-state index is 0.257. The van der Waals surface area contributed by atoms with Crippen LogP contribution in [0.4, 0.5) is 0 Å². The summed E-state index contributed by atoms with van der Waals surface area (Å²) in [5, 5.41) is 6.22. The first kappa shape index (κ1) is 13.2. The number of aromatic amines is 1. The fourth-order valence-corrected chi connectivity index (χ4v) is 2.17. The number of rotatable bonds is 4. The number of furan rings is 1. The van der Waals surface area contributed by atoms with E-state index in [2.05, 4.69) is 10.2 Å². The van der Waals surface area contributed by atoms with Gasteiger partial charge in [-0.1, -0.05) is 0 Å². The van der Waals surface area contributed by atoms with Crippen LogP contribution in [0.5, 0.6) is 0 Å². The van der Waals surface area contributed by atoms with Crippen LogP contribution in [0.3, 0.4) is 0 Å². The standard InChI is InChI=1S/C14H13N3O4/c1-20-14(19)11-8-17(5-4-9-3-2-6-21-9)7-10-12(11)15-16-13(10)18/h2-3,6-8H,4-5H2,1H3,(H,16,18). The average Bonchev–Trinajstić information content (AvgIpc) is 3.14. The van der Waals surface area contributed by atoms with Crippen LogP contribution in [0.15, 0.2) is 40.0 Å². The monoisotopic (exact) mass is 287 g/mol. The van der Waals surface area contributed by atoms with Gasteiger partial charge in [0.05, 0.1) is 18.9 Å². The molecule has 7 nitrogen and oxygen atoms in total. The van der Waals surface area contributed by atoms with Gasteiger partial charge in [-0.3, -0.25) is 4.79 Å². The van der Waals surface area contributed by atoms with Crippen LogP contribution < -0.4 is 5.56 Å². The molecular formula is C14H13N3O4. The Morgan fingerprint density at radius 2 is 2.33 bits per heavy atom. The molecule has 3 rings (SSSR count). The molecule has 2 aliphatic rings. The molecule has 0 saturated carbocycles. The Labute approximate surface area is 119 Å². The summed E-state index contributed by atoms with van der Waals surface area (Å²) in [6, 6.07) is 3.69. The minimum Gasteiger partial charge on any atom is -0.469 e. The van der Waals surface area contributed by atoms with Gasteiger partial charge in [0, 0.05) is 25.4 Å². The zero-order valence-corrected chi connectivity index (χ0v) is 11.3. The van der Waals surface area contributed by atoms with Crippen LogP contribution in [0, 0.1) is 0 Å². The summed E-state index contributed by atoms with van der Waals surface area (Å²) in [4.78, 5) is 23.5. The second kappa shape index (κ2) is 5.28. The van der Waals surface area contributed by atoms with Crippen molar-refractivity contribution in [2.75, 3.05) is 7.11 Å². The highest BCUT2D eigenvalue weighted by atomic mass is 16.5. The molecule has 3 heterocycles. The predicted octanol–water partition coefficient (Wildman–Crippen LogP) is 1.30. The molecule has 0 unspecified atom stereocenters. The van der Waals surface area contributed by atoms with Gasteiger partial charge in [0.25, 0.3) is 5.56 Å². The maximum absolute atomic E-state index is 11.8. The first-order valence-corrected chi connectivity index (χ1v) is 6.38. The van der Waals surface area contributed by atoms with E-state index in [0.717, 1.165) is 5.76 Å². The lowest BCUT2D eigenvalue weighted by atomic mass is 10.1. The number of fused-ring (bicyclic) bond motifs is 1. The second-order valence-corrected chi connectivity index (χ2v) is 4.55. The first-order valence-electron chi connectivity index (χ1n) is 6.38. The predicted molar refractivity (Wildman–Crippen MR) is 73.2 cm³/mol. The Morgan fingerprint density at radius 1 is 1.48 bits per heavy atom. The maximum Gasteiger partial charge on any atom is 0.341 e. The molecule has 1 N–H and O–H groups in total. The number of carbonyl (C=O) groups excluding carboxylic acids is 1. The topological polar surface area (TPSA) is 90.1 Å². The smallest absolute Gasteiger partial charge is 0.341 e. The van der Waals surface area contributed by atoms with Crippen molar-refractivity contribution in [3.63, 3.8) is 0 Å². The Hall–Kier alpha value is -2.83. The van der Waals surface area contributed by atoms with Gasteiger partial charge in [0.1, 0.15) is 17.0 Å². The molecule has 0 aliphatic carbocycles. The molecule has 21 heavy (non-hydrogen) atoms. The van der Waals surface area contributed by atoms with Gasteiger partial charge < -0.3 is 13.7 Å². The molecule has 0 bridgehead atoms. The van der Waals surface area contributed by atoms with Gasteiger partial charge in [-0.2, -0.15) is 5.10 Å². The molecule has 7 heteroatoms. The molecule has 1 aromatic heterocycles. The van der Waals surface area contributed by atoms with Gasteiger partial charge in [-0.15, -0.1) is 0 Å². The highest BCUT2D eigenvalue weighted by Crippen LogP contribution is 2.20. The zero-order chi connectivity index (χ0) is 14.8. The van der Waals surface area contributed by atoms with Crippen molar-refractivity contribution in [2.24, 2.45) is 0 Å². The zero-order valence-electron chi connectivity index (χ0n) is 11.3. The number of methoxy groups -OCH3 is 1. The Balaban J connectivity index is 1.98. The molecule has 0 spiro atoms. The van der Waals surface area contributed by atoms with Crippen molar-refractivity contribution in [3.05, 3.63) is 52.5 Å². The number of H-pyrrole nitrogens is 1. The number of nitrogens with one attached hydrogen (secondary N) is 1. The first-order chi connectivity index (χ1) is 10.2. The van der Waals surface area contributed by atoms with E-state index in [0.29, 0.717) is 24.2 Å². The minimum atomic E-state index is -0.529. The molecular weight excluding hydrogens is 274 g/mol. The second-order valence-electron chi connectivity index (χ2n) is 4.55. The van der Waals surface area contributed by atoms with Crippen LogP contribution >= 0.6 is 0 Å². The number of esters is 1. The fourth-order valence-electron chi connectivity index (χ4n) is 2.17. The van der Waals surface area contributed by atoms with E-state index in [4.69, 9.17) is 9.15 Å². The number of pyridine rings is 1. The molecule has 0 amide bonds. The molecule has 0 fully saturated rings. The van der Waals surface area contributed by atoms with E-state index in [-0.39, 0.29) is 11.1 Å². The highest BCUT2D eigenvalue weighted by molar-refractivity contribution is 5.95. The summed E-state index contributed by atoms with van der Waals surface area (Å²) in [5.74, 6) is 0.301. The van der Waals surface area contributed by atoms with E-state index in [1.165, 1.54) is 7.11 Å². The van der Waals surface area contributed by atoms with Crippen molar-refractivity contribution in [2.45, 2.75) is 13.0 Å². The Morgan fingerprint density at radius 3 is 3.05 bits per heavy atom. The largest absolute Gasteiger partial charge is 0.469 e. The fraction of sp³-hybridized carbons (Fsp3) is 0.214. The number of aryl methyl sites for hydroxylation is 2. The van der Waals surface area contributed by atoms with Gasteiger partial charge in [0.15, 0.2) is 0 Å². The summed E-state index contributed by atoms with van der Waals surface area (Å²) in [7, 11) is 1.29. The normalized spacial score (nSPS) is 10.9. The van der Waals surface area contributed by atoms with E-state index < -0.39 is 5.97 Å². The van der Waals surface area contributed by atoms with E-state index in [9.17, 15) is 9.59 Å². The van der Waals surface area contributed by atoms with E-state index in [1.807, 2.05) is 12.1 Å². The van der Waals surface area contributed by atoms with Crippen LogP contribution in [0.1, 0.15) is 16.1 Å². The summed E-state index contributed by atoms with van der Waals surface area (Å²) < 4.78 is 11.8. The van der Waals surface area contributed by atoms with Crippen molar-refractivity contribution < 1.29 is 13.9 Å². The van der Waals surface area contributed by atoms with E-state index >= 15 is 0 Å². The van der Waals surface area contributed by atoms with Crippen molar-refractivity contribution >= 4 is 5.97 Å². The lowest BCUT2D eigenvalue weighted by Crippen LogP contribution is -2.12. The molecule has 0 saturated heterocycles. The van der Waals surface area contributed by atoms with Crippen LogP contribution in [-0.4, -0.2) is 27.8 Å². The van der Waals surface area contributed by atoms with Crippen molar-refractivity contribution in [3.8, 4) is 11.3 Å². The number of ether oxygens (including phenoxy) is 1. The third-order valence-electron chi connectivity index (χ3n) is 3.22. The Bertz CT molecular complexity index is 785. The lowest BCUT2D eigenvalue weighted by molar-refractivity contribution is 0.0600. The van der Waals surface area contributed by atoms with Crippen molar-refractivity contribution in [1.82, 2.24) is 14.8 Å². The molecule has 0 aromatic carbocycles. The molecule has 108 valence electrons. The van der Waals surface area contributed by atoms with Crippen LogP contribution in [0.25, 0.3) is 11.3 Å². The summed E-state index contributed by atoms with van der Waals surface area (Å²) in [6.07, 6.45) is 5.54. The number of hydrogen-bond donors (Lipinski definition) is 1. The third kappa shape index (κ3) is 2.45. The summed E-state index contributed by atoms with van der Waals surface area (Å²) in [5.41, 5.74) is 0.605. The quantitative estimate of drug-likeness (QED) is 0.730.